The molecular weight excluding hydrogens is 228 g/mol. The van der Waals surface area contributed by atoms with Gasteiger partial charge >= 0.3 is 0 Å². The molecule has 0 unspecified atom stereocenters. The van der Waals surface area contributed by atoms with Crippen molar-refractivity contribution in [1.82, 2.24) is 9.78 Å². The summed E-state index contributed by atoms with van der Waals surface area (Å²) in [4.78, 5) is 0. The van der Waals surface area contributed by atoms with E-state index in [2.05, 4.69) is 10.4 Å². The van der Waals surface area contributed by atoms with E-state index in [-0.39, 0.29) is 5.75 Å². The molecule has 5 heteroatoms. The van der Waals surface area contributed by atoms with Crippen LogP contribution < -0.4 is 11.1 Å². The zero-order valence-electron chi connectivity index (χ0n) is 10.4. The van der Waals surface area contributed by atoms with E-state index < -0.39 is 0 Å². The highest BCUT2D eigenvalue weighted by molar-refractivity contribution is 5.48. The molecule has 2 rings (SSSR count). The van der Waals surface area contributed by atoms with Crippen LogP contribution in [-0.4, -0.2) is 28.0 Å². The van der Waals surface area contributed by atoms with Gasteiger partial charge in [-0.1, -0.05) is 12.1 Å². The fourth-order valence-electron chi connectivity index (χ4n) is 1.83. The first kappa shape index (κ1) is 12.4. The minimum Gasteiger partial charge on any atom is -0.508 e. The van der Waals surface area contributed by atoms with Gasteiger partial charge in [-0.15, -0.1) is 0 Å². The molecule has 2 aromatic rings. The van der Waals surface area contributed by atoms with Gasteiger partial charge in [0.05, 0.1) is 17.6 Å². The van der Waals surface area contributed by atoms with Crippen molar-refractivity contribution < 1.29 is 5.11 Å². The van der Waals surface area contributed by atoms with Crippen LogP contribution in [0.1, 0.15) is 11.3 Å². The average molecular weight is 246 g/mol. The third-order valence-electron chi connectivity index (χ3n) is 2.83. The maximum absolute atomic E-state index is 9.26. The Kier molecular flexibility index (Phi) is 3.84. The molecule has 96 valence electrons. The zero-order valence-corrected chi connectivity index (χ0v) is 10.4. The molecule has 0 saturated carbocycles. The minimum atomic E-state index is 0.283. The van der Waals surface area contributed by atoms with Gasteiger partial charge in [0.2, 0.25) is 0 Å². The second-order valence-electron chi connectivity index (χ2n) is 4.19. The average Bonchev–Trinajstić information content (AvgIpc) is 2.71. The SMILES string of the molecule is Cn1ncc(NCCN)c1Cc1ccc(O)cc1. The van der Waals surface area contributed by atoms with Crippen LogP contribution in [0, 0.1) is 0 Å². The molecule has 0 saturated heterocycles. The molecular formula is C13H18N4O. The first-order valence-electron chi connectivity index (χ1n) is 5.93. The van der Waals surface area contributed by atoms with E-state index in [1.165, 1.54) is 0 Å². The van der Waals surface area contributed by atoms with Gasteiger partial charge in [0, 0.05) is 26.6 Å². The van der Waals surface area contributed by atoms with Crippen molar-refractivity contribution in [3.63, 3.8) is 0 Å². The fraction of sp³-hybridized carbons (Fsp3) is 0.308. The van der Waals surface area contributed by atoms with Crippen LogP contribution in [0.4, 0.5) is 5.69 Å². The lowest BCUT2D eigenvalue weighted by atomic mass is 10.1. The molecule has 0 radical (unpaired) electrons. The number of rotatable bonds is 5. The molecule has 4 N–H and O–H groups in total. The Morgan fingerprint density at radius 2 is 2.06 bits per heavy atom. The Hall–Kier alpha value is -2.01. The molecule has 0 aliphatic rings. The molecule has 0 amide bonds. The van der Waals surface area contributed by atoms with E-state index in [0.29, 0.717) is 6.54 Å². The van der Waals surface area contributed by atoms with Crippen molar-refractivity contribution in [3.05, 3.63) is 41.7 Å². The van der Waals surface area contributed by atoms with Gasteiger partial charge in [-0.05, 0) is 17.7 Å². The molecule has 18 heavy (non-hydrogen) atoms. The van der Waals surface area contributed by atoms with E-state index >= 15 is 0 Å². The number of hydrogen-bond donors (Lipinski definition) is 3. The quantitative estimate of drug-likeness (QED) is 0.738. The number of nitrogens with one attached hydrogen (secondary N) is 1. The Balaban J connectivity index is 2.17. The highest BCUT2D eigenvalue weighted by Crippen LogP contribution is 2.19. The molecule has 0 aliphatic heterocycles. The summed E-state index contributed by atoms with van der Waals surface area (Å²) in [6, 6.07) is 7.21. The van der Waals surface area contributed by atoms with Crippen LogP contribution in [0.2, 0.25) is 0 Å². The Morgan fingerprint density at radius 3 is 2.72 bits per heavy atom. The number of nitrogens with zero attached hydrogens (tertiary/aromatic N) is 2. The monoisotopic (exact) mass is 246 g/mol. The van der Waals surface area contributed by atoms with E-state index in [9.17, 15) is 5.11 Å². The van der Waals surface area contributed by atoms with Gasteiger partial charge in [0.25, 0.3) is 0 Å². The summed E-state index contributed by atoms with van der Waals surface area (Å²) in [5, 5.41) is 16.8. The lowest BCUT2D eigenvalue weighted by Crippen LogP contribution is -2.14. The number of aromatic nitrogens is 2. The molecule has 1 heterocycles. The molecule has 5 nitrogen and oxygen atoms in total. The van der Waals surface area contributed by atoms with Crippen LogP contribution in [0.15, 0.2) is 30.5 Å². The van der Waals surface area contributed by atoms with Crippen LogP contribution in [0.3, 0.4) is 0 Å². The molecule has 1 aromatic heterocycles. The fourth-order valence-corrected chi connectivity index (χ4v) is 1.83. The maximum atomic E-state index is 9.26. The second-order valence-corrected chi connectivity index (χ2v) is 4.19. The lowest BCUT2D eigenvalue weighted by Gasteiger charge is -2.08. The van der Waals surface area contributed by atoms with Crippen molar-refractivity contribution in [2.24, 2.45) is 12.8 Å². The normalized spacial score (nSPS) is 10.6. The van der Waals surface area contributed by atoms with Crippen molar-refractivity contribution >= 4 is 5.69 Å². The number of anilines is 1. The largest absolute Gasteiger partial charge is 0.508 e. The van der Waals surface area contributed by atoms with Crippen LogP contribution in [0.5, 0.6) is 5.75 Å². The molecule has 0 fully saturated rings. The molecule has 1 aromatic carbocycles. The van der Waals surface area contributed by atoms with Crippen molar-refractivity contribution in [1.29, 1.82) is 0 Å². The van der Waals surface area contributed by atoms with E-state index in [1.54, 1.807) is 12.1 Å². The summed E-state index contributed by atoms with van der Waals surface area (Å²) >= 11 is 0. The van der Waals surface area contributed by atoms with E-state index in [1.807, 2.05) is 30.1 Å². The number of hydrogen-bond acceptors (Lipinski definition) is 4. The van der Waals surface area contributed by atoms with Gasteiger partial charge in [-0.25, -0.2) is 0 Å². The first-order chi connectivity index (χ1) is 8.70. The van der Waals surface area contributed by atoms with Gasteiger partial charge in [-0.3, -0.25) is 4.68 Å². The highest BCUT2D eigenvalue weighted by atomic mass is 16.3. The van der Waals surface area contributed by atoms with E-state index in [4.69, 9.17) is 5.73 Å². The minimum absolute atomic E-state index is 0.283. The highest BCUT2D eigenvalue weighted by Gasteiger charge is 2.08. The van der Waals surface area contributed by atoms with E-state index in [0.717, 1.165) is 29.9 Å². The smallest absolute Gasteiger partial charge is 0.115 e. The lowest BCUT2D eigenvalue weighted by molar-refractivity contribution is 0.475. The molecule has 0 bridgehead atoms. The number of nitrogens with two attached hydrogens (primary N) is 1. The topological polar surface area (TPSA) is 76.1 Å². The van der Waals surface area contributed by atoms with Crippen LogP contribution in [0.25, 0.3) is 0 Å². The van der Waals surface area contributed by atoms with Crippen molar-refractivity contribution in [2.45, 2.75) is 6.42 Å². The summed E-state index contributed by atoms with van der Waals surface area (Å²) in [7, 11) is 1.92. The molecule has 0 spiro atoms. The Bertz CT molecular complexity index is 504. The number of aromatic hydroxyl groups is 1. The Morgan fingerprint density at radius 1 is 1.33 bits per heavy atom. The predicted octanol–water partition coefficient (Wildman–Crippen LogP) is 1.09. The summed E-state index contributed by atoms with van der Waals surface area (Å²) in [6.45, 7) is 1.32. The summed E-state index contributed by atoms with van der Waals surface area (Å²) in [5.74, 6) is 0.283. The standard InChI is InChI=1S/C13H18N4O/c1-17-13(12(9-16-17)15-7-6-14)8-10-2-4-11(18)5-3-10/h2-5,9,15,18H,6-8,14H2,1H3. The molecule has 0 atom stereocenters. The van der Waals surface area contributed by atoms with Gasteiger partial charge in [0.15, 0.2) is 0 Å². The van der Waals surface area contributed by atoms with Crippen LogP contribution in [-0.2, 0) is 13.5 Å². The van der Waals surface area contributed by atoms with Crippen molar-refractivity contribution in [2.75, 3.05) is 18.4 Å². The Labute approximate surface area is 106 Å². The number of benzene rings is 1. The molecule has 0 aliphatic carbocycles. The second kappa shape index (κ2) is 5.55. The van der Waals surface area contributed by atoms with Crippen molar-refractivity contribution in [3.8, 4) is 5.75 Å². The number of aryl methyl sites for hydroxylation is 1. The first-order valence-corrected chi connectivity index (χ1v) is 5.93. The zero-order chi connectivity index (χ0) is 13.0. The number of phenolic OH excluding ortho intramolecular Hbond substituents is 1. The summed E-state index contributed by atoms with van der Waals surface area (Å²) in [5.41, 5.74) is 8.73. The predicted molar refractivity (Wildman–Crippen MR) is 71.7 cm³/mol. The third kappa shape index (κ3) is 2.81. The third-order valence-corrected chi connectivity index (χ3v) is 2.83. The summed E-state index contributed by atoms with van der Waals surface area (Å²) in [6.07, 6.45) is 2.58. The van der Waals surface area contributed by atoms with Gasteiger partial charge in [-0.2, -0.15) is 5.10 Å². The van der Waals surface area contributed by atoms with Gasteiger partial charge < -0.3 is 16.2 Å². The summed E-state index contributed by atoms with van der Waals surface area (Å²) < 4.78 is 1.85. The number of phenols is 1. The maximum Gasteiger partial charge on any atom is 0.115 e. The van der Waals surface area contributed by atoms with Gasteiger partial charge in [0.1, 0.15) is 5.75 Å². The van der Waals surface area contributed by atoms with Crippen LogP contribution >= 0.6 is 0 Å².